The summed E-state index contributed by atoms with van der Waals surface area (Å²) in [4.78, 5) is 29.7. The van der Waals surface area contributed by atoms with Crippen molar-refractivity contribution in [1.29, 1.82) is 0 Å². The number of aryl methyl sites for hydroxylation is 2. The van der Waals surface area contributed by atoms with E-state index < -0.39 is 0 Å². The summed E-state index contributed by atoms with van der Waals surface area (Å²) in [5.41, 5.74) is 3.38. The predicted octanol–water partition coefficient (Wildman–Crippen LogP) is 6.17. The lowest BCUT2D eigenvalue weighted by atomic mass is 10.1. The highest BCUT2D eigenvalue weighted by Crippen LogP contribution is 2.36. The average Bonchev–Trinajstić information content (AvgIpc) is 3.27. The van der Waals surface area contributed by atoms with Crippen molar-refractivity contribution in [3.63, 3.8) is 0 Å². The first-order valence-corrected chi connectivity index (χ1v) is 12.8. The fourth-order valence-corrected chi connectivity index (χ4v) is 4.35. The lowest BCUT2D eigenvalue weighted by Crippen LogP contribution is -2.24. The quantitative estimate of drug-likeness (QED) is 0.134. The number of nitrogens with zero attached hydrogens (tertiary/aromatic N) is 2. The fourth-order valence-electron chi connectivity index (χ4n) is 4.35. The molecule has 0 saturated heterocycles. The third-order valence-electron chi connectivity index (χ3n) is 6.44. The molecule has 0 aliphatic rings. The number of amides is 1. The molecule has 0 fully saturated rings. The van der Waals surface area contributed by atoms with Crippen molar-refractivity contribution in [3.8, 4) is 17.2 Å². The van der Waals surface area contributed by atoms with Gasteiger partial charge in [0.25, 0.3) is 0 Å². The van der Waals surface area contributed by atoms with Crippen molar-refractivity contribution >= 4 is 35.1 Å². The van der Waals surface area contributed by atoms with Crippen LogP contribution in [-0.2, 0) is 22.6 Å². The van der Waals surface area contributed by atoms with Gasteiger partial charge >= 0.3 is 0 Å². The molecule has 0 aliphatic heterocycles. The topological polar surface area (TPSA) is 93.9 Å². The molecule has 8 heteroatoms. The second-order valence-corrected chi connectivity index (χ2v) is 9.16. The van der Waals surface area contributed by atoms with Crippen LogP contribution >= 0.6 is 0 Å². The van der Waals surface area contributed by atoms with Gasteiger partial charge in [0.2, 0.25) is 5.91 Å². The van der Waals surface area contributed by atoms with E-state index in [1.807, 2.05) is 62.5 Å². The van der Waals surface area contributed by atoms with Crippen LogP contribution < -0.4 is 14.8 Å². The molecule has 0 bridgehead atoms. The first-order chi connectivity index (χ1) is 18.9. The summed E-state index contributed by atoms with van der Waals surface area (Å²) >= 11 is 0. The maximum absolute atomic E-state index is 13.0. The van der Waals surface area contributed by atoms with Crippen molar-refractivity contribution in [2.24, 2.45) is 0 Å². The van der Waals surface area contributed by atoms with Crippen LogP contribution in [0.5, 0.6) is 17.2 Å². The zero-order valence-corrected chi connectivity index (χ0v) is 22.7. The largest absolute Gasteiger partial charge is 0.497 e. The van der Waals surface area contributed by atoms with Crippen molar-refractivity contribution in [3.05, 3.63) is 83.3 Å². The second kappa shape index (κ2) is 12.8. The third-order valence-corrected chi connectivity index (χ3v) is 6.44. The van der Waals surface area contributed by atoms with Crippen molar-refractivity contribution in [2.45, 2.75) is 32.7 Å². The van der Waals surface area contributed by atoms with Gasteiger partial charge in [0, 0.05) is 56.3 Å². The van der Waals surface area contributed by atoms with Crippen LogP contribution in [0, 0.1) is 6.92 Å². The maximum Gasteiger partial charge on any atom is 0.246 e. The van der Waals surface area contributed by atoms with E-state index >= 15 is 0 Å². The number of carbonyl (C=O) groups is 2. The highest BCUT2D eigenvalue weighted by atomic mass is 16.5. The second-order valence-electron chi connectivity index (χ2n) is 9.16. The summed E-state index contributed by atoms with van der Waals surface area (Å²) < 4.78 is 17.5. The molecule has 202 valence electrons. The number of methoxy groups -OCH3 is 1. The lowest BCUT2D eigenvalue weighted by molar-refractivity contribution is -0.125. The molecule has 0 saturated carbocycles. The van der Waals surface area contributed by atoms with Gasteiger partial charge < -0.3 is 28.9 Å². The Labute approximate surface area is 228 Å². The molecule has 1 N–H and O–H groups in total. The van der Waals surface area contributed by atoms with Crippen LogP contribution in [0.4, 0.5) is 5.82 Å². The van der Waals surface area contributed by atoms with Crippen LogP contribution in [0.15, 0.2) is 65.2 Å². The zero-order valence-electron chi connectivity index (χ0n) is 22.7. The van der Waals surface area contributed by atoms with Crippen LogP contribution in [0.3, 0.4) is 0 Å². The third kappa shape index (κ3) is 6.65. The van der Waals surface area contributed by atoms with Gasteiger partial charge in [-0.2, -0.15) is 0 Å². The molecule has 2 heterocycles. The highest BCUT2D eigenvalue weighted by Gasteiger charge is 2.18. The summed E-state index contributed by atoms with van der Waals surface area (Å²) in [7, 11) is 5.18. The SMILES string of the molecule is CNc1ncc(/C=C/C(=O)N(C)Cc2c(C)oc3c(Oc4cccc(OC)c4)cccc23)cc1CCCC=O. The number of nitrogens with one attached hydrogen (secondary N) is 1. The minimum absolute atomic E-state index is 0.146. The Morgan fingerprint density at radius 2 is 1.95 bits per heavy atom. The van der Waals surface area contributed by atoms with Gasteiger partial charge in [0.05, 0.1) is 7.11 Å². The first kappa shape index (κ1) is 27.4. The molecule has 1 amide bonds. The van der Waals surface area contributed by atoms with E-state index in [2.05, 4.69) is 10.3 Å². The van der Waals surface area contributed by atoms with Crippen molar-refractivity contribution in [1.82, 2.24) is 9.88 Å². The molecule has 4 rings (SSSR count). The molecule has 4 aromatic rings. The number of likely N-dealkylation sites (N-methyl/N-ethyl adjacent to an activating group) is 1. The summed E-state index contributed by atoms with van der Waals surface area (Å²) in [5.74, 6) is 3.28. The number of hydrogen-bond acceptors (Lipinski definition) is 7. The molecule has 0 atom stereocenters. The van der Waals surface area contributed by atoms with E-state index in [0.29, 0.717) is 35.8 Å². The number of hydrogen-bond donors (Lipinski definition) is 1. The highest BCUT2D eigenvalue weighted by molar-refractivity contribution is 5.92. The number of fused-ring (bicyclic) bond motifs is 1. The van der Waals surface area contributed by atoms with Gasteiger partial charge in [0.15, 0.2) is 11.3 Å². The number of ether oxygens (including phenoxy) is 2. The molecule has 2 aromatic heterocycles. The number of carbonyl (C=O) groups excluding carboxylic acids is 2. The Morgan fingerprint density at radius 3 is 2.72 bits per heavy atom. The number of aldehydes is 1. The number of unbranched alkanes of at least 4 members (excludes halogenated alkanes) is 1. The first-order valence-electron chi connectivity index (χ1n) is 12.8. The van der Waals surface area contributed by atoms with E-state index in [1.54, 1.807) is 37.4 Å². The number of rotatable bonds is 12. The Balaban J connectivity index is 1.49. The van der Waals surface area contributed by atoms with E-state index in [-0.39, 0.29) is 5.91 Å². The molecule has 0 radical (unpaired) electrons. The van der Waals surface area contributed by atoms with Gasteiger partial charge in [-0.1, -0.05) is 18.2 Å². The normalized spacial score (nSPS) is 11.1. The van der Waals surface area contributed by atoms with Crippen molar-refractivity contribution < 1.29 is 23.5 Å². The summed E-state index contributed by atoms with van der Waals surface area (Å²) in [6.45, 7) is 2.26. The number of aromatic nitrogens is 1. The van der Waals surface area contributed by atoms with Gasteiger partial charge in [0.1, 0.15) is 29.4 Å². The van der Waals surface area contributed by atoms with Gasteiger partial charge in [-0.05, 0) is 61.2 Å². The lowest BCUT2D eigenvalue weighted by Gasteiger charge is -2.15. The fraction of sp³-hybridized carbons (Fsp3) is 0.258. The monoisotopic (exact) mass is 527 g/mol. The smallest absolute Gasteiger partial charge is 0.246 e. The minimum atomic E-state index is -0.146. The number of furan rings is 1. The average molecular weight is 528 g/mol. The van der Waals surface area contributed by atoms with Crippen molar-refractivity contribution in [2.75, 3.05) is 26.5 Å². The Kier molecular flexibility index (Phi) is 8.99. The molecule has 0 spiro atoms. The van der Waals surface area contributed by atoms with Gasteiger partial charge in [-0.3, -0.25) is 4.79 Å². The summed E-state index contributed by atoms with van der Waals surface area (Å²) in [5, 5.41) is 3.97. The number of benzene rings is 2. The van der Waals surface area contributed by atoms with Gasteiger partial charge in [-0.25, -0.2) is 4.98 Å². The molecular weight excluding hydrogens is 494 g/mol. The van der Waals surface area contributed by atoms with Gasteiger partial charge in [-0.15, -0.1) is 0 Å². The molecule has 2 aromatic carbocycles. The number of pyridine rings is 1. The summed E-state index contributed by atoms with van der Waals surface area (Å²) in [6, 6.07) is 15.1. The van der Waals surface area contributed by atoms with E-state index in [4.69, 9.17) is 13.9 Å². The summed E-state index contributed by atoms with van der Waals surface area (Å²) in [6.07, 6.45) is 7.92. The zero-order chi connectivity index (χ0) is 27.8. The van der Waals surface area contributed by atoms with Crippen LogP contribution in [0.1, 0.15) is 35.3 Å². The van der Waals surface area contributed by atoms with E-state index in [1.165, 1.54) is 0 Å². The maximum atomic E-state index is 13.0. The number of para-hydroxylation sites is 1. The molecule has 0 unspecified atom stereocenters. The molecule has 39 heavy (non-hydrogen) atoms. The molecule has 0 aliphatic carbocycles. The Bertz CT molecular complexity index is 1490. The van der Waals surface area contributed by atoms with Crippen LogP contribution in [0.2, 0.25) is 0 Å². The molecule has 8 nitrogen and oxygen atoms in total. The van der Waals surface area contributed by atoms with Crippen LogP contribution in [-0.4, -0.2) is 43.3 Å². The predicted molar refractivity (Wildman–Crippen MR) is 152 cm³/mol. The number of anilines is 1. The van der Waals surface area contributed by atoms with Crippen LogP contribution in [0.25, 0.3) is 17.0 Å². The van der Waals surface area contributed by atoms with E-state index in [0.717, 1.165) is 52.8 Å². The minimum Gasteiger partial charge on any atom is -0.497 e. The van der Waals surface area contributed by atoms with E-state index in [9.17, 15) is 9.59 Å². The standard InChI is InChI=1S/C31H33N3O5/c1-21-27(26-12-8-13-28(30(26)38-21)39-25-11-7-10-24(18-25)37-4)20-34(3)29(36)15-14-22-17-23(9-5-6-16-35)31(32-2)33-19-22/h7-8,10-19H,5-6,9,20H2,1-4H3,(H,32,33)/b15-14+. The molecular formula is C31H33N3O5. The Morgan fingerprint density at radius 1 is 1.15 bits per heavy atom. The Hall–Kier alpha value is -4.59.